The first-order valence-electron chi connectivity index (χ1n) is 7.05. The third kappa shape index (κ3) is 3.33. The van der Waals surface area contributed by atoms with Crippen molar-refractivity contribution in [3.63, 3.8) is 0 Å². The number of aryl methyl sites for hydroxylation is 1. The Bertz CT molecular complexity index is 390. The van der Waals surface area contributed by atoms with E-state index in [1.165, 1.54) is 24.0 Å². The van der Waals surface area contributed by atoms with E-state index in [0.717, 1.165) is 25.3 Å². The molecule has 0 aromatic heterocycles. The summed E-state index contributed by atoms with van der Waals surface area (Å²) in [6.45, 7) is 5.52. The summed E-state index contributed by atoms with van der Waals surface area (Å²) in [5.74, 6) is 0.718. The summed E-state index contributed by atoms with van der Waals surface area (Å²) in [5, 5.41) is 13.3. The van der Waals surface area contributed by atoms with Crippen molar-refractivity contribution < 1.29 is 5.11 Å². The number of hydrogen-bond acceptors (Lipinski definition) is 2. The van der Waals surface area contributed by atoms with Crippen molar-refractivity contribution in [2.24, 2.45) is 5.92 Å². The van der Waals surface area contributed by atoms with E-state index in [1.807, 2.05) is 0 Å². The van der Waals surface area contributed by atoms with Crippen molar-refractivity contribution in [1.82, 2.24) is 5.32 Å². The number of aliphatic hydroxyl groups is 1. The zero-order chi connectivity index (χ0) is 13.0. The van der Waals surface area contributed by atoms with Gasteiger partial charge in [-0.1, -0.05) is 49.6 Å². The molecule has 18 heavy (non-hydrogen) atoms. The number of aliphatic hydroxyl groups excluding tert-OH is 1. The molecule has 0 spiro atoms. The predicted molar refractivity (Wildman–Crippen MR) is 75.5 cm³/mol. The Morgan fingerprint density at radius 1 is 1.44 bits per heavy atom. The minimum atomic E-state index is -0.0542. The highest BCUT2D eigenvalue weighted by Gasteiger charge is 2.33. The minimum Gasteiger partial charge on any atom is -0.394 e. The molecule has 0 heterocycles. The van der Waals surface area contributed by atoms with Gasteiger partial charge in [0.1, 0.15) is 0 Å². The lowest BCUT2D eigenvalue weighted by Crippen LogP contribution is -2.51. The molecule has 2 rings (SSSR count). The van der Waals surface area contributed by atoms with E-state index < -0.39 is 0 Å². The quantitative estimate of drug-likeness (QED) is 0.857. The van der Waals surface area contributed by atoms with E-state index in [1.54, 1.807) is 0 Å². The van der Waals surface area contributed by atoms with E-state index in [9.17, 15) is 5.11 Å². The van der Waals surface area contributed by atoms with Crippen molar-refractivity contribution in [1.29, 1.82) is 0 Å². The van der Waals surface area contributed by atoms with Crippen molar-refractivity contribution >= 4 is 0 Å². The fraction of sp³-hybridized carbons (Fsp3) is 0.625. The molecule has 1 fully saturated rings. The van der Waals surface area contributed by atoms with Gasteiger partial charge in [-0.15, -0.1) is 0 Å². The second-order valence-corrected chi connectivity index (χ2v) is 5.98. The smallest absolute Gasteiger partial charge is 0.0613 e. The molecule has 1 saturated carbocycles. The summed E-state index contributed by atoms with van der Waals surface area (Å²) in [6.07, 6.45) is 4.71. The van der Waals surface area contributed by atoms with Gasteiger partial charge in [0.2, 0.25) is 0 Å². The molecule has 0 radical (unpaired) electrons. The van der Waals surface area contributed by atoms with Crippen LogP contribution in [0.3, 0.4) is 0 Å². The number of nitrogens with one attached hydrogen (secondary N) is 1. The monoisotopic (exact) mass is 247 g/mol. The molecule has 2 N–H and O–H groups in total. The highest BCUT2D eigenvalue weighted by Crippen LogP contribution is 2.32. The Morgan fingerprint density at radius 2 is 2.28 bits per heavy atom. The molecule has 1 aliphatic carbocycles. The van der Waals surface area contributed by atoms with Gasteiger partial charge < -0.3 is 10.4 Å². The van der Waals surface area contributed by atoms with Crippen molar-refractivity contribution in [3.8, 4) is 0 Å². The maximum absolute atomic E-state index is 9.73. The zero-order valence-electron chi connectivity index (χ0n) is 11.6. The largest absolute Gasteiger partial charge is 0.394 e. The third-order valence-electron chi connectivity index (χ3n) is 4.14. The molecule has 0 saturated heterocycles. The molecule has 0 amide bonds. The molecule has 1 aromatic carbocycles. The van der Waals surface area contributed by atoms with E-state index in [-0.39, 0.29) is 12.1 Å². The lowest BCUT2D eigenvalue weighted by molar-refractivity contribution is 0.0982. The highest BCUT2D eigenvalue weighted by atomic mass is 16.3. The van der Waals surface area contributed by atoms with Crippen LogP contribution in [0, 0.1) is 12.8 Å². The van der Waals surface area contributed by atoms with Crippen LogP contribution in [0.1, 0.15) is 43.7 Å². The molecule has 2 heteroatoms. The molecular formula is C16H25NO. The normalized spacial score (nSPS) is 28.3. The zero-order valence-corrected chi connectivity index (χ0v) is 11.6. The first-order chi connectivity index (χ1) is 8.63. The van der Waals surface area contributed by atoms with Crippen LogP contribution >= 0.6 is 0 Å². The highest BCUT2D eigenvalue weighted by molar-refractivity contribution is 5.22. The number of rotatable bonds is 4. The summed E-state index contributed by atoms with van der Waals surface area (Å²) in [5.41, 5.74) is 2.55. The van der Waals surface area contributed by atoms with Crippen molar-refractivity contribution in [3.05, 3.63) is 35.4 Å². The summed E-state index contributed by atoms with van der Waals surface area (Å²) in [4.78, 5) is 0. The van der Waals surface area contributed by atoms with Gasteiger partial charge in [-0.2, -0.15) is 0 Å². The fourth-order valence-corrected chi connectivity index (χ4v) is 3.13. The number of benzene rings is 1. The second kappa shape index (κ2) is 5.85. The Kier molecular flexibility index (Phi) is 4.41. The Morgan fingerprint density at radius 3 is 2.94 bits per heavy atom. The molecule has 0 aliphatic heterocycles. The van der Waals surface area contributed by atoms with Crippen molar-refractivity contribution in [2.75, 3.05) is 6.61 Å². The summed E-state index contributed by atoms with van der Waals surface area (Å²) >= 11 is 0. The van der Waals surface area contributed by atoms with Crippen LogP contribution < -0.4 is 5.32 Å². The average molecular weight is 247 g/mol. The Labute approximate surface area is 110 Å². The van der Waals surface area contributed by atoms with Crippen LogP contribution in [-0.4, -0.2) is 17.3 Å². The van der Waals surface area contributed by atoms with Crippen LogP contribution in [0.25, 0.3) is 0 Å². The minimum absolute atomic E-state index is 0.0542. The lowest BCUT2D eigenvalue weighted by atomic mass is 9.77. The van der Waals surface area contributed by atoms with Crippen molar-refractivity contribution in [2.45, 2.75) is 51.6 Å². The summed E-state index contributed by atoms with van der Waals surface area (Å²) < 4.78 is 0. The maximum atomic E-state index is 9.73. The second-order valence-electron chi connectivity index (χ2n) is 5.98. The standard InChI is InChI=1S/C16H25NO/c1-13-5-3-7-15(9-13)11-17-16(12-18)8-4-6-14(2)10-16/h3,5,7,9,14,17-18H,4,6,8,10-12H2,1-2H3. The summed E-state index contributed by atoms with van der Waals surface area (Å²) in [7, 11) is 0. The van der Waals surface area contributed by atoms with E-state index in [0.29, 0.717) is 0 Å². The van der Waals surface area contributed by atoms with Gasteiger partial charge in [0.15, 0.2) is 0 Å². The van der Waals surface area contributed by atoms with E-state index in [4.69, 9.17) is 0 Å². The predicted octanol–water partition coefficient (Wildman–Crippen LogP) is 3.03. The molecule has 2 atom stereocenters. The maximum Gasteiger partial charge on any atom is 0.0613 e. The molecule has 2 nitrogen and oxygen atoms in total. The van der Waals surface area contributed by atoms with Gasteiger partial charge in [-0.05, 0) is 31.2 Å². The Hall–Kier alpha value is -0.860. The molecule has 0 bridgehead atoms. The van der Waals surface area contributed by atoms with Gasteiger partial charge in [-0.25, -0.2) is 0 Å². The lowest BCUT2D eigenvalue weighted by Gasteiger charge is -2.39. The van der Waals surface area contributed by atoms with E-state index >= 15 is 0 Å². The molecule has 1 aliphatic rings. The average Bonchev–Trinajstić information content (AvgIpc) is 2.37. The molecular weight excluding hydrogens is 222 g/mol. The molecule has 100 valence electrons. The SMILES string of the molecule is Cc1cccc(CNC2(CO)CCCC(C)C2)c1. The van der Waals surface area contributed by atoms with Gasteiger partial charge >= 0.3 is 0 Å². The van der Waals surface area contributed by atoms with Gasteiger partial charge in [0.05, 0.1) is 6.61 Å². The number of hydrogen-bond donors (Lipinski definition) is 2. The first-order valence-corrected chi connectivity index (χ1v) is 7.05. The fourth-order valence-electron chi connectivity index (χ4n) is 3.13. The molecule has 1 aromatic rings. The van der Waals surface area contributed by atoms with Gasteiger partial charge in [-0.3, -0.25) is 0 Å². The van der Waals surface area contributed by atoms with E-state index in [2.05, 4.69) is 43.4 Å². The van der Waals surface area contributed by atoms with Crippen LogP contribution in [0.2, 0.25) is 0 Å². The van der Waals surface area contributed by atoms with Gasteiger partial charge in [0.25, 0.3) is 0 Å². The first kappa shape index (κ1) is 13.6. The Balaban J connectivity index is 1.98. The van der Waals surface area contributed by atoms with Gasteiger partial charge in [0, 0.05) is 12.1 Å². The van der Waals surface area contributed by atoms with Crippen LogP contribution in [0.4, 0.5) is 0 Å². The van der Waals surface area contributed by atoms with Crippen LogP contribution in [-0.2, 0) is 6.54 Å². The molecule has 2 unspecified atom stereocenters. The topological polar surface area (TPSA) is 32.3 Å². The third-order valence-corrected chi connectivity index (χ3v) is 4.14. The summed E-state index contributed by atoms with van der Waals surface area (Å²) in [6, 6.07) is 8.58. The van der Waals surface area contributed by atoms with Crippen LogP contribution in [0.5, 0.6) is 0 Å². The van der Waals surface area contributed by atoms with Crippen LogP contribution in [0.15, 0.2) is 24.3 Å².